The molecule has 1 fully saturated rings. The number of nitrogens with zero attached hydrogens (tertiary/aromatic N) is 2. The lowest BCUT2D eigenvalue weighted by Crippen LogP contribution is -2.21. The van der Waals surface area contributed by atoms with Crippen LogP contribution in [0.25, 0.3) is 16.7 Å². The highest BCUT2D eigenvalue weighted by molar-refractivity contribution is 8.00. The predicted octanol–water partition coefficient (Wildman–Crippen LogP) is 4.63. The van der Waals surface area contributed by atoms with Gasteiger partial charge in [-0.15, -0.1) is 0 Å². The summed E-state index contributed by atoms with van der Waals surface area (Å²) < 4.78 is 2.17. The van der Waals surface area contributed by atoms with E-state index in [0.29, 0.717) is 12.2 Å². The molecule has 1 aliphatic carbocycles. The van der Waals surface area contributed by atoms with E-state index in [0.717, 1.165) is 41.1 Å². The number of rotatable bonds is 3. The molecule has 0 amide bonds. The normalized spacial score (nSPS) is 18.4. The molecule has 1 heterocycles. The van der Waals surface area contributed by atoms with Crippen LogP contribution >= 0.6 is 11.8 Å². The lowest BCUT2D eigenvalue weighted by atomic mass is 9.99. The van der Waals surface area contributed by atoms with Crippen molar-refractivity contribution in [1.29, 1.82) is 0 Å². The standard InChI is InChI=1S/C19H18N2OS/c22-17-12-6-7-13-18(17)23-19-20-15-10-4-5-11-16(15)21(19)14-8-2-1-3-9-14/h1-5,8-11,18H,6-7,12-13H2/t18-/m1/s1. The smallest absolute Gasteiger partial charge is 0.174 e. The van der Waals surface area contributed by atoms with E-state index in [1.165, 1.54) is 0 Å². The minimum atomic E-state index is 0.0445. The van der Waals surface area contributed by atoms with Crippen LogP contribution in [0.5, 0.6) is 0 Å². The van der Waals surface area contributed by atoms with Crippen molar-refractivity contribution in [3.8, 4) is 5.69 Å². The van der Waals surface area contributed by atoms with Gasteiger partial charge in [0.05, 0.1) is 16.3 Å². The molecule has 1 aromatic heterocycles. The Morgan fingerprint density at radius 3 is 2.61 bits per heavy atom. The third-order valence-electron chi connectivity index (χ3n) is 4.29. The quantitative estimate of drug-likeness (QED) is 0.705. The Hall–Kier alpha value is -2.07. The predicted molar refractivity (Wildman–Crippen MR) is 94.2 cm³/mol. The molecule has 0 radical (unpaired) electrons. The maximum Gasteiger partial charge on any atom is 0.174 e. The van der Waals surface area contributed by atoms with Crippen molar-refractivity contribution in [2.24, 2.45) is 0 Å². The van der Waals surface area contributed by atoms with Gasteiger partial charge in [0.1, 0.15) is 5.78 Å². The van der Waals surface area contributed by atoms with Crippen molar-refractivity contribution in [1.82, 2.24) is 9.55 Å². The van der Waals surface area contributed by atoms with Crippen LogP contribution in [-0.4, -0.2) is 20.6 Å². The topological polar surface area (TPSA) is 34.9 Å². The number of para-hydroxylation sites is 3. The highest BCUT2D eigenvalue weighted by atomic mass is 32.2. The van der Waals surface area contributed by atoms with Gasteiger partial charge in [-0.3, -0.25) is 9.36 Å². The molecule has 3 aromatic rings. The van der Waals surface area contributed by atoms with E-state index in [2.05, 4.69) is 22.8 Å². The second-order valence-corrected chi connectivity index (χ2v) is 7.04. The second-order valence-electron chi connectivity index (χ2n) is 5.87. The molecule has 0 saturated heterocycles. The lowest BCUT2D eigenvalue weighted by Gasteiger charge is -2.20. The fourth-order valence-electron chi connectivity index (χ4n) is 3.11. The number of ketones is 1. The first-order chi connectivity index (χ1) is 11.3. The van der Waals surface area contributed by atoms with Crippen LogP contribution in [0, 0.1) is 0 Å². The van der Waals surface area contributed by atoms with Crippen LogP contribution in [0.3, 0.4) is 0 Å². The Morgan fingerprint density at radius 2 is 1.78 bits per heavy atom. The van der Waals surface area contributed by atoms with Gasteiger partial charge in [-0.25, -0.2) is 4.98 Å². The fraction of sp³-hybridized carbons (Fsp3) is 0.263. The number of carbonyl (C=O) groups excluding carboxylic acids is 1. The SMILES string of the molecule is O=C1CCCC[C@H]1Sc1nc2ccccc2n1-c1ccccc1. The Morgan fingerprint density at radius 1 is 1.00 bits per heavy atom. The van der Waals surface area contributed by atoms with Crippen LogP contribution in [0.2, 0.25) is 0 Å². The van der Waals surface area contributed by atoms with Crippen LogP contribution in [0.4, 0.5) is 0 Å². The summed E-state index contributed by atoms with van der Waals surface area (Å²) in [5, 5.41) is 0.959. The van der Waals surface area contributed by atoms with Gasteiger partial charge in [0.15, 0.2) is 5.16 Å². The molecule has 4 heteroatoms. The molecule has 23 heavy (non-hydrogen) atoms. The Labute approximate surface area is 139 Å². The van der Waals surface area contributed by atoms with Crippen LogP contribution in [0.1, 0.15) is 25.7 Å². The number of imidazole rings is 1. The van der Waals surface area contributed by atoms with Crippen molar-refractivity contribution in [3.63, 3.8) is 0 Å². The first-order valence-electron chi connectivity index (χ1n) is 8.05. The fourth-order valence-corrected chi connectivity index (χ4v) is 4.36. The number of carbonyl (C=O) groups is 1. The van der Waals surface area contributed by atoms with Crippen molar-refractivity contribution >= 4 is 28.6 Å². The van der Waals surface area contributed by atoms with E-state index in [4.69, 9.17) is 4.98 Å². The van der Waals surface area contributed by atoms with Gasteiger partial charge < -0.3 is 0 Å². The van der Waals surface area contributed by atoms with Crippen molar-refractivity contribution < 1.29 is 4.79 Å². The summed E-state index contributed by atoms with van der Waals surface area (Å²) >= 11 is 1.62. The molecule has 0 aliphatic heterocycles. The van der Waals surface area contributed by atoms with E-state index in [1.807, 2.05) is 36.4 Å². The number of thioether (sulfide) groups is 1. The van der Waals surface area contributed by atoms with Crippen LogP contribution in [-0.2, 0) is 4.79 Å². The molecule has 0 bridgehead atoms. The van der Waals surface area contributed by atoms with Crippen LogP contribution < -0.4 is 0 Å². The van der Waals surface area contributed by atoms with Gasteiger partial charge in [0.25, 0.3) is 0 Å². The molecule has 0 N–H and O–H groups in total. The number of benzene rings is 2. The Balaban J connectivity index is 1.81. The summed E-state index contributed by atoms with van der Waals surface area (Å²) in [7, 11) is 0. The summed E-state index contributed by atoms with van der Waals surface area (Å²) in [6.45, 7) is 0. The van der Waals surface area contributed by atoms with Gasteiger partial charge in [0.2, 0.25) is 0 Å². The third-order valence-corrected chi connectivity index (χ3v) is 5.56. The maximum atomic E-state index is 12.2. The van der Waals surface area contributed by atoms with Crippen molar-refractivity contribution in [2.45, 2.75) is 36.1 Å². The van der Waals surface area contributed by atoms with E-state index in [9.17, 15) is 4.79 Å². The van der Waals surface area contributed by atoms with Crippen LogP contribution in [0.15, 0.2) is 59.8 Å². The van der Waals surface area contributed by atoms with Gasteiger partial charge in [-0.2, -0.15) is 0 Å². The van der Waals surface area contributed by atoms with E-state index in [-0.39, 0.29) is 5.25 Å². The molecule has 0 unspecified atom stereocenters. The first kappa shape index (κ1) is 14.5. The summed E-state index contributed by atoms with van der Waals surface area (Å²) in [6, 6.07) is 18.4. The maximum absolute atomic E-state index is 12.2. The zero-order chi connectivity index (χ0) is 15.6. The number of fused-ring (bicyclic) bond motifs is 1. The van der Waals surface area contributed by atoms with Gasteiger partial charge in [0, 0.05) is 12.1 Å². The monoisotopic (exact) mass is 322 g/mol. The largest absolute Gasteiger partial charge is 0.298 e. The number of Topliss-reactive ketones (excluding diaryl/α,β-unsaturated/α-hetero) is 1. The third kappa shape index (κ3) is 2.79. The highest BCUT2D eigenvalue weighted by Crippen LogP contribution is 2.34. The molecule has 1 atom stereocenters. The lowest BCUT2D eigenvalue weighted by molar-refractivity contribution is -0.119. The number of aromatic nitrogens is 2. The highest BCUT2D eigenvalue weighted by Gasteiger charge is 2.26. The van der Waals surface area contributed by atoms with Crippen molar-refractivity contribution in [3.05, 3.63) is 54.6 Å². The Bertz CT molecular complexity index is 841. The molecular formula is C19H18N2OS. The minimum absolute atomic E-state index is 0.0445. The molecular weight excluding hydrogens is 304 g/mol. The summed E-state index contributed by atoms with van der Waals surface area (Å²) in [6.07, 6.45) is 3.84. The molecule has 0 spiro atoms. The number of hydrogen-bond acceptors (Lipinski definition) is 3. The zero-order valence-corrected chi connectivity index (χ0v) is 13.6. The molecule has 116 valence electrons. The Kier molecular flexibility index (Phi) is 3.92. The van der Waals surface area contributed by atoms with Crippen molar-refractivity contribution in [2.75, 3.05) is 0 Å². The zero-order valence-electron chi connectivity index (χ0n) is 12.8. The van der Waals surface area contributed by atoms with Gasteiger partial charge in [-0.1, -0.05) is 48.5 Å². The molecule has 3 nitrogen and oxygen atoms in total. The minimum Gasteiger partial charge on any atom is -0.298 e. The molecule has 1 saturated carbocycles. The first-order valence-corrected chi connectivity index (χ1v) is 8.93. The summed E-state index contributed by atoms with van der Waals surface area (Å²) in [5.74, 6) is 0.368. The molecule has 1 aliphatic rings. The van der Waals surface area contributed by atoms with E-state index in [1.54, 1.807) is 11.8 Å². The summed E-state index contributed by atoms with van der Waals surface area (Å²) in [4.78, 5) is 17.0. The summed E-state index contributed by atoms with van der Waals surface area (Å²) in [5.41, 5.74) is 3.15. The van der Waals surface area contributed by atoms with E-state index >= 15 is 0 Å². The average molecular weight is 322 g/mol. The molecule has 2 aromatic carbocycles. The number of hydrogen-bond donors (Lipinski definition) is 0. The average Bonchev–Trinajstić information content (AvgIpc) is 2.95. The van der Waals surface area contributed by atoms with Gasteiger partial charge >= 0.3 is 0 Å². The second kappa shape index (κ2) is 6.20. The van der Waals surface area contributed by atoms with Gasteiger partial charge in [-0.05, 0) is 37.1 Å². The molecule has 4 rings (SSSR count). The van der Waals surface area contributed by atoms with E-state index < -0.39 is 0 Å².